The highest BCUT2D eigenvalue weighted by Crippen LogP contribution is 2.51. The minimum atomic E-state index is 1.15. The summed E-state index contributed by atoms with van der Waals surface area (Å²) in [5, 5.41) is 3.77. The number of nitrogens with zero attached hydrogens (tertiary/aromatic N) is 3. The summed E-state index contributed by atoms with van der Waals surface area (Å²) in [5.74, 6) is 0. The molecule has 0 N–H and O–H groups in total. The normalized spacial score (nSPS) is 12.6. The fraction of sp³-hybridized carbons (Fsp3) is 0. The van der Waals surface area contributed by atoms with E-state index in [2.05, 4.69) is 166 Å². The van der Waals surface area contributed by atoms with Gasteiger partial charge in [-0.1, -0.05) is 72.4 Å². The Morgan fingerprint density at radius 1 is 0.429 bits per heavy atom. The van der Waals surface area contributed by atoms with Gasteiger partial charge in [0.15, 0.2) is 0 Å². The van der Waals surface area contributed by atoms with Crippen molar-refractivity contribution in [2.24, 2.45) is 0 Å². The number of anilines is 3. The van der Waals surface area contributed by atoms with Crippen LogP contribution in [0.5, 0.6) is 0 Å². The molecule has 2 aromatic heterocycles. The molecule has 0 saturated carbocycles. The third-order valence-corrected chi connectivity index (χ3v) is 9.45. The van der Waals surface area contributed by atoms with E-state index in [1.165, 1.54) is 59.6 Å². The highest BCUT2D eigenvalue weighted by molar-refractivity contribution is 7.99. The van der Waals surface area contributed by atoms with E-state index in [4.69, 9.17) is 0 Å². The van der Waals surface area contributed by atoms with Gasteiger partial charge in [-0.05, 0) is 84.9 Å². The highest BCUT2D eigenvalue weighted by Gasteiger charge is 2.24. The molecular weight excluding hydrogens is 531 g/mol. The Balaban J connectivity index is 1.23. The molecule has 1 aliphatic heterocycles. The quantitative estimate of drug-likeness (QED) is 0.215. The van der Waals surface area contributed by atoms with E-state index in [0.29, 0.717) is 0 Å². The minimum Gasteiger partial charge on any atom is -0.316 e. The maximum Gasteiger partial charge on any atom is 0.0601 e. The standard InChI is InChI=1S/C38H25N3S/c1-2-10-27(11-3-1)39-23-22-26-24-31-30-12-4-5-13-32(30)40(36(31)25-35(26)39)28-18-20-29(21-19-28)41-33-14-6-8-16-37(33)42-38-17-9-7-15-34(38)41/h1-25H. The predicted molar refractivity (Wildman–Crippen MR) is 176 cm³/mol. The molecule has 0 radical (unpaired) electrons. The predicted octanol–water partition coefficient (Wildman–Crippen LogP) is 10.7. The molecule has 42 heavy (non-hydrogen) atoms. The molecule has 4 heteroatoms. The molecule has 0 saturated heterocycles. The summed E-state index contributed by atoms with van der Waals surface area (Å²) in [6.07, 6.45) is 2.17. The van der Waals surface area contributed by atoms with Crippen LogP contribution in [0.3, 0.4) is 0 Å². The summed E-state index contributed by atoms with van der Waals surface area (Å²) in [6.45, 7) is 0. The second kappa shape index (κ2) is 9.16. The molecule has 0 aliphatic carbocycles. The van der Waals surface area contributed by atoms with Crippen molar-refractivity contribution in [3.63, 3.8) is 0 Å². The molecule has 0 fully saturated rings. The van der Waals surface area contributed by atoms with Crippen LogP contribution in [0.1, 0.15) is 0 Å². The van der Waals surface area contributed by atoms with Crippen LogP contribution >= 0.6 is 11.8 Å². The van der Waals surface area contributed by atoms with Gasteiger partial charge < -0.3 is 14.0 Å². The SMILES string of the molecule is c1ccc(-n2ccc3cc4c5ccccc5n(-c5ccc(N6c7ccccc7Sc7ccccc76)cc5)c4cc32)cc1. The molecule has 198 valence electrons. The summed E-state index contributed by atoms with van der Waals surface area (Å²) in [7, 11) is 0. The van der Waals surface area contributed by atoms with Gasteiger partial charge in [-0.3, -0.25) is 0 Å². The lowest BCUT2D eigenvalue weighted by molar-refractivity contribution is 1.12. The van der Waals surface area contributed by atoms with Gasteiger partial charge in [-0.25, -0.2) is 0 Å². The lowest BCUT2D eigenvalue weighted by atomic mass is 10.1. The van der Waals surface area contributed by atoms with Crippen molar-refractivity contribution >= 4 is 61.5 Å². The first-order valence-electron chi connectivity index (χ1n) is 14.2. The average Bonchev–Trinajstić information content (AvgIpc) is 3.61. The molecule has 0 unspecified atom stereocenters. The Morgan fingerprint density at radius 3 is 1.83 bits per heavy atom. The third-order valence-electron chi connectivity index (χ3n) is 8.32. The second-order valence-corrected chi connectivity index (χ2v) is 11.8. The minimum absolute atomic E-state index is 1.15. The number of para-hydroxylation sites is 4. The number of aromatic nitrogens is 2. The van der Waals surface area contributed by atoms with Crippen LogP contribution in [0.2, 0.25) is 0 Å². The number of hydrogen-bond acceptors (Lipinski definition) is 2. The van der Waals surface area contributed by atoms with E-state index in [-0.39, 0.29) is 0 Å². The number of rotatable bonds is 3. The van der Waals surface area contributed by atoms with Gasteiger partial charge >= 0.3 is 0 Å². The van der Waals surface area contributed by atoms with Crippen LogP contribution in [0.4, 0.5) is 17.1 Å². The van der Waals surface area contributed by atoms with Gasteiger partial charge in [0.2, 0.25) is 0 Å². The zero-order chi connectivity index (χ0) is 27.6. The van der Waals surface area contributed by atoms with Gasteiger partial charge in [0.1, 0.15) is 0 Å². The maximum atomic E-state index is 2.41. The Labute approximate surface area is 247 Å². The van der Waals surface area contributed by atoms with Gasteiger partial charge in [0.05, 0.1) is 27.9 Å². The van der Waals surface area contributed by atoms with Gasteiger partial charge in [0.25, 0.3) is 0 Å². The zero-order valence-corrected chi connectivity index (χ0v) is 23.5. The molecule has 8 aromatic rings. The van der Waals surface area contributed by atoms with Crippen LogP contribution < -0.4 is 4.90 Å². The first-order valence-corrected chi connectivity index (χ1v) is 15.0. The Kier molecular flexibility index (Phi) is 5.13. The Morgan fingerprint density at radius 2 is 1.07 bits per heavy atom. The lowest BCUT2D eigenvalue weighted by Crippen LogP contribution is -2.14. The van der Waals surface area contributed by atoms with Crippen molar-refractivity contribution in [3.8, 4) is 11.4 Å². The van der Waals surface area contributed by atoms with Crippen molar-refractivity contribution in [1.29, 1.82) is 0 Å². The molecule has 3 heterocycles. The smallest absolute Gasteiger partial charge is 0.0601 e. The number of benzene rings is 6. The molecule has 3 nitrogen and oxygen atoms in total. The van der Waals surface area contributed by atoms with Gasteiger partial charge in [0, 0.05) is 49.2 Å². The topological polar surface area (TPSA) is 13.1 Å². The summed E-state index contributed by atoms with van der Waals surface area (Å²) >= 11 is 1.84. The van der Waals surface area contributed by atoms with E-state index in [9.17, 15) is 0 Å². The lowest BCUT2D eigenvalue weighted by Gasteiger charge is -2.32. The first-order chi connectivity index (χ1) is 20.8. The molecule has 1 aliphatic rings. The summed E-state index contributed by atoms with van der Waals surface area (Å²) in [4.78, 5) is 4.92. The molecule has 0 spiro atoms. The monoisotopic (exact) mass is 555 g/mol. The van der Waals surface area contributed by atoms with Crippen LogP contribution in [-0.2, 0) is 0 Å². The van der Waals surface area contributed by atoms with E-state index in [1.807, 2.05) is 11.8 Å². The third kappa shape index (κ3) is 3.49. The van der Waals surface area contributed by atoms with E-state index >= 15 is 0 Å². The van der Waals surface area contributed by atoms with Gasteiger partial charge in [-0.2, -0.15) is 0 Å². The van der Waals surface area contributed by atoms with Crippen LogP contribution in [-0.4, -0.2) is 9.13 Å². The highest BCUT2D eigenvalue weighted by atomic mass is 32.2. The van der Waals surface area contributed by atoms with Crippen molar-refractivity contribution in [2.45, 2.75) is 9.79 Å². The number of hydrogen-bond donors (Lipinski definition) is 0. The van der Waals surface area contributed by atoms with Crippen molar-refractivity contribution in [2.75, 3.05) is 4.90 Å². The van der Waals surface area contributed by atoms with Crippen LogP contribution in [0, 0.1) is 0 Å². The molecule has 0 amide bonds. The largest absolute Gasteiger partial charge is 0.316 e. The molecule has 0 bridgehead atoms. The first kappa shape index (κ1) is 23.5. The Bertz CT molecular complexity index is 2230. The molecule has 9 rings (SSSR count). The van der Waals surface area contributed by atoms with Crippen molar-refractivity contribution < 1.29 is 0 Å². The second-order valence-electron chi connectivity index (χ2n) is 10.7. The summed E-state index contributed by atoms with van der Waals surface area (Å²) < 4.78 is 4.69. The fourth-order valence-electron chi connectivity index (χ4n) is 6.42. The van der Waals surface area contributed by atoms with Crippen molar-refractivity contribution in [1.82, 2.24) is 9.13 Å². The van der Waals surface area contributed by atoms with E-state index in [1.54, 1.807) is 0 Å². The average molecular weight is 556 g/mol. The zero-order valence-electron chi connectivity index (χ0n) is 22.7. The van der Waals surface area contributed by atoms with Crippen LogP contribution in [0.15, 0.2) is 162 Å². The van der Waals surface area contributed by atoms with Crippen LogP contribution in [0.25, 0.3) is 44.1 Å². The molecule has 6 aromatic carbocycles. The number of fused-ring (bicyclic) bond motifs is 6. The van der Waals surface area contributed by atoms with Crippen molar-refractivity contribution in [3.05, 3.63) is 152 Å². The Hall–Kier alpha value is -5.19. The molecule has 0 atom stereocenters. The molecular formula is C38H25N3S. The maximum absolute atomic E-state index is 2.41. The summed E-state index contributed by atoms with van der Waals surface area (Å²) in [6, 6.07) is 52.6. The van der Waals surface area contributed by atoms with E-state index in [0.717, 1.165) is 11.4 Å². The van der Waals surface area contributed by atoms with Gasteiger partial charge in [-0.15, -0.1) is 0 Å². The fourth-order valence-corrected chi connectivity index (χ4v) is 7.48. The summed E-state index contributed by atoms with van der Waals surface area (Å²) in [5.41, 5.74) is 9.52. The van der Waals surface area contributed by atoms with E-state index < -0.39 is 0 Å².